The number of nitrogens with zero attached hydrogens (tertiary/aromatic N) is 3. The summed E-state index contributed by atoms with van der Waals surface area (Å²) in [7, 11) is 0. The minimum absolute atomic E-state index is 0.756. The van der Waals surface area contributed by atoms with Crippen LogP contribution >= 0.6 is 23.4 Å². The van der Waals surface area contributed by atoms with Crippen LogP contribution in [0.1, 0.15) is 5.56 Å². The lowest BCUT2D eigenvalue weighted by Gasteiger charge is -2.06. The number of aromatic nitrogens is 3. The first-order valence-corrected chi connectivity index (χ1v) is 7.52. The summed E-state index contributed by atoms with van der Waals surface area (Å²) >= 11 is 7.54. The van der Waals surface area contributed by atoms with Crippen molar-refractivity contribution < 1.29 is 0 Å². The Hall–Kier alpha value is -1.78. The van der Waals surface area contributed by atoms with E-state index < -0.39 is 0 Å². The first-order valence-electron chi connectivity index (χ1n) is 6.15. The first kappa shape index (κ1) is 13.2. The monoisotopic (exact) mass is 301 g/mol. The van der Waals surface area contributed by atoms with Crippen molar-refractivity contribution in [3.8, 4) is 5.69 Å². The van der Waals surface area contributed by atoms with Gasteiger partial charge in [0.1, 0.15) is 6.33 Å². The van der Waals surface area contributed by atoms with Crippen molar-refractivity contribution in [1.82, 2.24) is 14.8 Å². The summed E-state index contributed by atoms with van der Waals surface area (Å²) in [6, 6.07) is 17.9. The Kier molecular flexibility index (Phi) is 4.04. The highest BCUT2D eigenvalue weighted by Crippen LogP contribution is 2.23. The van der Waals surface area contributed by atoms with Gasteiger partial charge in [0.25, 0.3) is 0 Å². The molecule has 0 aliphatic carbocycles. The van der Waals surface area contributed by atoms with Crippen LogP contribution in [0.4, 0.5) is 0 Å². The highest BCUT2D eigenvalue weighted by atomic mass is 35.5. The maximum absolute atomic E-state index is 5.88. The second-order valence-electron chi connectivity index (χ2n) is 4.23. The molecule has 0 fully saturated rings. The molecule has 1 heterocycles. The van der Waals surface area contributed by atoms with Crippen LogP contribution in [-0.4, -0.2) is 14.8 Å². The Bertz CT molecular complexity index is 680. The summed E-state index contributed by atoms with van der Waals surface area (Å²) in [5.41, 5.74) is 2.28. The van der Waals surface area contributed by atoms with Crippen LogP contribution in [0.3, 0.4) is 0 Å². The van der Waals surface area contributed by atoms with Crippen molar-refractivity contribution in [2.24, 2.45) is 0 Å². The van der Waals surface area contributed by atoms with E-state index in [4.69, 9.17) is 11.6 Å². The van der Waals surface area contributed by atoms with E-state index in [1.54, 1.807) is 18.1 Å². The highest BCUT2D eigenvalue weighted by molar-refractivity contribution is 7.98. The van der Waals surface area contributed by atoms with Gasteiger partial charge in [-0.05, 0) is 29.8 Å². The van der Waals surface area contributed by atoms with Gasteiger partial charge >= 0.3 is 0 Å². The molecule has 3 nitrogen and oxygen atoms in total. The minimum Gasteiger partial charge on any atom is -0.277 e. The molecular formula is C15H12ClN3S. The number of halogens is 1. The van der Waals surface area contributed by atoms with E-state index in [0.717, 1.165) is 21.6 Å². The fraction of sp³-hybridized carbons (Fsp3) is 0.0667. The summed E-state index contributed by atoms with van der Waals surface area (Å²) < 4.78 is 1.99. The van der Waals surface area contributed by atoms with E-state index in [1.165, 1.54) is 5.56 Å². The maximum atomic E-state index is 5.88. The third-order valence-corrected chi connectivity index (χ3v) is 4.10. The Morgan fingerprint density at radius 1 is 1.00 bits per heavy atom. The molecule has 0 spiro atoms. The van der Waals surface area contributed by atoms with Crippen LogP contribution < -0.4 is 0 Å². The van der Waals surface area contributed by atoms with Crippen LogP contribution in [0.15, 0.2) is 66.1 Å². The van der Waals surface area contributed by atoms with Gasteiger partial charge in [0, 0.05) is 16.5 Å². The molecule has 0 atom stereocenters. The van der Waals surface area contributed by atoms with Gasteiger partial charge in [-0.3, -0.25) is 4.57 Å². The number of hydrogen-bond donors (Lipinski definition) is 0. The summed E-state index contributed by atoms with van der Waals surface area (Å²) in [6.45, 7) is 0. The molecule has 0 aliphatic rings. The molecular weight excluding hydrogens is 290 g/mol. The Morgan fingerprint density at radius 3 is 2.50 bits per heavy atom. The number of hydrogen-bond acceptors (Lipinski definition) is 3. The van der Waals surface area contributed by atoms with E-state index >= 15 is 0 Å². The predicted molar refractivity (Wildman–Crippen MR) is 82.4 cm³/mol. The lowest BCUT2D eigenvalue weighted by Crippen LogP contribution is -1.94. The predicted octanol–water partition coefficient (Wildman–Crippen LogP) is 4.21. The van der Waals surface area contributed by atoms with E-state index in [0.29, 0.717) is 0 Å². The number of thioether (sulfide) groups is 1. The van der Waals surface area contributed by atoms with Crippen LogP contribution in [0, 0.1) is 0 Å². The summed E-state index contributed by atoms with van der Waals surface area (Å²) in [6.07, 6.45) is 1.74. The van der Waals surface area contributed by atoms with Crippen LogP contribution in [-0.2, 0) is 5.75 Å². The Labute approximate surface area is 126 Å². The molecule has 0 saturated carbocycles. The average Bonchev–Trinajstić information content (AvgIpc) is 2.96. The number of rotatable bonds is 4. The van der Waals surface area contributed by atoms with E-state index in [-0.39, 0.29) is 0 Å². The zero-order chi connectivity index (χ0) is 13.8. The lowest BCUT2D eigenvalue weighted by atomic mass is 10.2. The molecule has 0 bridgehead atoms. The Morgan fingerprint density at radius 2 is 1.75 bits per heavy atom. The van der Waals surface area contributed by atoms with E-state index in [1.807, 2.05) is 59.2 Å². The summed E-state index contributed by atoms with van der Waals surface area (Å²) in [5.74, 6) is 0.836. The van der Waals surface area contributed by atoms with Gasteiger partial charge in [-0.1, -0.05) is 53.7 Å². The van der Waals surface area contributed by atoms with Gasteiger partial charge < -0.3 is 0 Å². The molecule has 20 heavy (non-hydrogen) atoms. The Balaban J connectivity index is 1.76. The quantitative estimate of drug-likeness (QED) is 0.676. The smallest absolute Gasteiger partial charge is 0.195 e. The molecule has 0 amide bonds. The van der Waals surface area contributed by atoms with Gasteiger partial charge in [0.15, 0.2) is 5.16 Å². The molecule has 1 aromatic heterocycles. The van der Waals surface area contributed by atoms with Crippen LogP contribution in [0.5, 0.6) is 0 Å². The largest absolute Gasteiger partial charge is 0.277 e. The maximum Gasteiger partial charge on any atom is 0.195 e. The fourth-order valence-electron chi connectivity index (χ4n) is 1.82. The van der Waals surface area contributed by atoms with Crippen LogP contribution in [0.25, 0.3) is 5.69 Å². The second-order valence-corrected chi connectivity index (χ2v) is 5.61. The first-order chi connectivity index (χ1) is 9.83. The standard InChI is InChI=1S/C15H12ClN3S/c16-13-8-6-12(7-9-13)10-20-15-18-17-11-19(15)14-4-2-1-3-5-14/h1-9,11H,10H2. The molecule has 5 heteroatoms. The molecule has 2 aromatic carbocycles. The number of benzene rings is 2. The third-order valence-electron chi connectivity index (χ3n) is 2.83. The molecule has 3 aromatic rings. The van der Waals surface area contributed by atoms with E-state index in [2.05, 4.69) is 10.2 Å². The van der Waals surface area contributed by atoms with Gasteiger partial charge in [0.05, 0.1) is 0 Å². The zero-order valence-corrected chi connectivity index (χ0v) is 12.2. The number of para-hydroxylation sites is 1. The second kappa shape index (κ2) is 6.11. The van der Waals surface area contributed by atoms with Crippen molar-refractivity contribution >= 4 is 23.4 Å². The van der Waals surface area contributed by atoms with Crippen LogP contribution in [0.2, 0.25) is 5.02 Å². The molecule has 0 aliphatic heterocycles. The van der Waals surface area contributed by atoms with Crippen molar-refractivity contribution in [2.45, 2.75) is 10.9 Å². The molecule has 0 N–H and O–H groups in total. The topological polar surface area (TPSA) is 30.7 Å². The normalized spacial score (nSPS) is 10.7. The SMILES string of the molecule is Clc1ccc(CSc2nncn2-c2ccccc2)cc1. The third kappa shape index (κ3) is 3.03. The minimum atomic E-state index is 0.756. The van der Waals surface area contributed by atoms with Crippen molar-refractivity contribution in [2.75, 3.05) is 0 Å². The molecule has 0 radical (unpaired) electrons. The molecule has 0 saturated heterocycles. The fourth-order valence-corrected chi connectivity index (χ4v) is 2.83. The molecule has 100 valence electrons. The summed E-state index contributed by atoms with van der Waals surface area (Å²) in [4.78, 5) is 0. The highest BCUT2D eigenvalue weighted by Gasteiger charge is 2.07. The zero-order valence-electron chi connectivity index (χ0n) is 10.6. The van der Waals surface area contributed by atoms with E-state index in [9.17, 15) is 0 Å². The van der Waals surface area contributed by atoms with Crippen molar-refractivity contribution in [3.05, 3.63) is 71.5 Å². The van der Waals surface area contributed by atoms with Gasteiger partial charge in [0.2, 0.25) is 0 Å². The lowest BCUT2D eigenvalue weighted by molar-refractivity contribution is 0.884. The molecule has 3 rings (SSSR count). The molecule has 0 unspecified atom stereocenters. The van der Waals surface area contributed by atoms with Gasteiger partial charge in [-0.2, -0.15) is 0 Å². The van der Waals surface area contributed by atoms with Crippen molar-refractivity contribution in [3.63, 3.8) is 0 Å². The average molecular weight is 302 g/mol. The summed E-state index contributed by atoms with van der Waals surface area (Å²) in [5, 5.41) is 9.81. The van der Waals surface area contributed by atoms with Crippen molar-refractivity contribution in [1.29, 1.82) is 0 Å². The van der Waals surface area contributed by atoms with Gasteiger partial charge in [-0.25, -0.2) is 0 Å². The van der Waals surface area contributed by atoms with Gasteiger partial charge in [-0.15, -0.1) is 10.2 Å².